The second-order valence-electron chi connectivity index (χ2n) is 8.11. The van der Waals surface area contributed by atoms with Gasteiger partial charge in [-0.25, -0.2) is 0 Å². The summed E-state index contributed by atoms with van der Waals surface area (Å²) in [5.41, 5.74) is 2.30. The van der Waals surface area contributed by atoms with Gasteiger partial charge in [-0.3, -0.25) is 9.89 Å². The normalized spacial score (nSPS) is 24.5. The molecule has 0 radical (unpaired) electrons. The van der Waals surface area contributed by atoms with Crippen molar-refractivity contribution in [1.82, 2.24) is 15.5 Å². The molecule has 0 aliphatic carbocycles. The van der Waals surface area contributed by atoms with Crippen LogP contribution in [-0.2, 0) is 13.0 Å². The molecule has 2 N–H and O–H groups in total. The van der Waals surface area contributed by atoms with Crippen LogP contribution in [0.25, 0.3) is 0 Å². The molecular weight excluding hydrogens is 467 g/mol. The van der Waals surface area contributed by atoms with Crippen molar-refractivity contribution in [1.29, 1.82) is 0 Å². The van der Waals surface area contributed by atoms with E-state index >= 15 is 0 Å². The van der Waals surface area contributed by atoms with Crippen molar-refractivity contribution in [3.05, 3.63) is 23.3 Å². The van der Waals surface area contributed by atoms with E-state index in [1.165, 1.54) is 5.56 Å². The molecule has 1 fully saturated rings. The Kier molecular flexibility index (Phi) is 8.24. The molecule has 3 rings (SSSR count). The van der Waals surface area contributed by atoms with Crippen LogP contribution in [0.15, 0.2) is 17.1 Å². The number of aliphatic imine (C=N–C) groups is 1. The van der Waals surface area contributed by atoms with Gasteiger partial charge in [0, 0.05) is 56.3 Å². The summed E-state index contributed by atoms with van der Waals surface area (Å²) in [4.78, 5) is 6.93. The Hall–Kier alpha value is -1.22. The standard InChI is InChI=1S/C21H34N4O2.HI/c1-13(2)25-11-14(3)18(12-25)24-21(22-5)23-10-17-9-20-16(7-15(4)27-20)8-19(17)26-6;/h8-9,13-15,18H,7,10-12H2,1-6H3,(H2,22,23,24);1H. The molecular formula is C21H35IN4O2. The highest BCUT2D eigenvalue weighted by atomic mass is 127. The van der Waals surface area contributed by atoms with Gasteiger partial charge in [0.05, 0.1) is 7.11 Å². The van der Waals surface area contributed by atoms with Gasteiger partial charge >= 0.3 is 0 Å². The number of rotatable bonds is 5. The lowest BCUT2D eigenvalue weighted by Crippen LogP contribution is -2.46. The average molecular weight is 502 g/mol. The van der Waals surface area contributed by atoms with Crippen molar-refractivity contribution in [2.24, 2.45) is 10.9 Å². The van der Waals surface area contributed by atoms with E-state index in [9.17, 15) is 0 Å². The zero-order valence-electron chi connectivity index (χ0n) is 17.9. The van der Waals surface area contributed by atoms with E-state index in [4.69, 9.17) is 9.47 Å². The zero-order chi connectivity index (χ0) is 19.6. The number of nitrogens with one attached hydrogen (secondary N) is 2. The van der Waals surface area contributed by atoms with Crippen LogP contribution >= 0.6 is 24.0 Å². The maximum absolute atomic E-state index is 5.90. The number of guanidine groups is 1. The van der Waals surface area contributed by atoms with E-state index in [1.54, 1.807) is 7.11 Å². The summed E-state index contributed by atoms with van der Waals surface area (Å²) in [6, 6.07) is 5.18. The lowest BCUT2D eigenvalue weighted by atomic mass is 10.1. The maximum atomic E-state index is 5.90. The van der Waals surface area contributed by atoms with Crippen molar-refractivity contribution in [2.75, 3.05) is 27.2 Å². The molecule has 2 aliphatic rings. The number of nitrogens with zero attached hydrogens (tertiary/aromatic N) is 2. The molecule has 1 aromatic rings. The largest absolute Gasteiger partial charge is 0.496 e. The molecule has 0 amide bonds. The Labute approximate surface area is 186 Å². The summed E-state index contributed by atoms with van der Waals surface area (Å²) in [7, 11) is 3.54. The highest BCUT2D eigenvalue weighted by Crippen LogP contribution is 2.34. The van der Waals surface area contributed by atoms with Gasteiger partial charge in [-0.15, -0.1) is 24.0 Å². The van der Waals surface area contributed by atoms with Crippen LogP contribution in [0.3, 0.4) is 0 Å². The number of hydrogen-bond acceptors (Lipinski definition) is 4. The summed E-state index contributed by atoms with van der Waals surface area (Å²) >= 11 is 0. The summed E-state index contributed by atoms with van der Waals surface area (Å²) in [5, 5.41) is 7.03. The van der Waals surface area contributed by atoms with Crippen LogP contribution in [0.1, 0.15) is 38.8 Å². The predicted molar refractivity (Wildman–Crippen MR) is 125 cm³/mol. The van der Waals surface area contributed by atoms with Crippen LogP contribution < -0.4 is 20.1 Å². The van der Waals surface area contributed by atoms with Gasteiger partial charge in [-0.2, -0.15) is 0 Å². The molecule has 3 unspecified atom stereocenters. The van der Waals surface area contributed by atoms with E-state index in [0.717, 1.165) is 42.5 Å². The first-order chi connectivity index (χ1) is 12.9. The number of methoxy groups -OCH3 is 1. The molecule has 2 heterocycles. The Balaban J connectivity index is 0.00000280. The first-order valence-corrected chi connectivity index (χ1v) is 9.99. The molecule has 1 saturated heterocycles. The van der Waals surface area contributed by atoms with Crippen molar-refractivity contribution in [2.45, 2.75) is 58.8 Å². The van der Waals surface area contributed by atoms with E-state index in [2.05, 4.69) is 60.4 Å². The second-order valence-corrected chi connectivity index (χ2v) is 8.11. The summed E-state index contributed by atoms with van der Waals surface area (Å²) in [6.07, 6.45) is 1.17. The molecule has 7 heteroatoms. The van der Waals surface area contributed by atoms with Crippen LogP contribution in [0.2, 0.25) is 0 Å². The van der Waals surface area contributed by atoms with E-state index in [-0.39, 0.29) is 30.1 Å². The van der Waals surface area contributed by atoms with Crippen molar-refractivity contribution in [3.8, 4) is 11.5 Å². The molecule has 0 spiro atoms. The molecule has 1 aromatic carbocycles. The van der Waals surface area contributed by atoms with Gasteiger partial charge in [0.1, 0.15) is 17.6 Å². The van der Waals surface area contributed by atoms with E-state index in [1.807, 2.05) is 7.05 Å². The quantitative estimate of drug-likeness (QED) is 0.369. The number of hydrogen-bond donors (Lipinski definition) is 2. The molecule has 0 saturated carbocycles. The third-order valence-electron chi connectivity index (χ3n) is 5.66. The lowest BCUT2D eigenvalue weighted by Gasteiger charge is -2.22. The zero-order valence-corrected chi connectivity index (χ0v) is 20.2. The molecule has 28 heavy (non-hydrogen) atoms. The predicted octanol–water partition coefficient (Wildman–Crippen LogP) is 3.03. The summed E-state index contributed by atoms with van der Waals surface area (Å²) in [5.74, 6) is 3.29. The maximum Gasteiger partial charge on any atom is 0.191 e. The number of likely N-dealkylation sites (tertiary alicyclic amines) is 1. The van der Waals surface area contributed by atoms with E-state index in [0.29, 0.717) is 24.5 Å². The van der Waals surface area contributed by atoms with Gasteiger partial charge in [0.25, 0.3) is 0 Å². The fraction of sp³-hybridized carbons (Fsp3) is 0.667. The summed E-state index contributed by atoms with van der Waals surface area (Å²) in [6.45, 7) is 11.7. The highest BCUT2D eigenvalue weighted by Gasteiger charge is 2.31. The van der Waals surface area contributed by atoms with Crippen molar-refractivity contribution >= 4 is 29.9 Å². The van der Waals surface area contributed by atoms with Crippen molar-refractivity contribution < 1.29 is 9.47 Å². The first-order valence-electron chi connectivity index (χ1n) is 9.99. The minimum Gasteiger partial charge on any atom is -0.496 e. The van der Waals surface area contributed by atoms with Crippen molar-refractivity contribution in [3.63, 3.8) is 0 Å². The third kappa shape index (κ3) is 5.23. The van der Waals surface area contributed by atoms with Crippen LogP contribution in [-0.4, -0.2) is 56.3 Å². The Morgan fingerprint density at radius 2 is 2.07 bits per heavy atom. The summed E-state index contributed by atoms with van der Waals surface area (Å²) < 4.78 is 11.5. The molecule has 2 aliphatic heterocycles. The van der Waals surface area contributed by atoms with Crippen LogP contribution in [0.4, 0.5) is 0 Å². The van der Waals surface area contributed by atoms with Gasteiger partial charge < -0.3 is 20.1 Å². The monoisotopic (exact) mass is 502 g/mol. The van der Waals surface area contributed by atoms with Crippen LogP contribution in [0.5, 0.6) is 11.5 Å². The fourth-order valence-electron chi connectivity index (χ4n) is 3.97. The molecule has 0 bridgehead atoms. The van der Waals surface area contributed by atoms with Gasteiger partial charge in [0.15, 0.2) is 5.96 Å². The van der Waals surface area contributed by atoms with Gasteiger partial charge in [-0.05, 0) is 38.8 Å². The first kappa shape index (κ1) is 23.1. The third-order valence-corrected chi connectivity index (χ3v) is 5.66. The molecule has 0 aromatic heterocycles. The second kappa shape index (κ2) is 10.0. The minimum atomic E-state index is 0. The number of ether oxygens (including phenoxy) is 2. The SMILES string of the molecule is CN=C(NCc1cc2c(cc1OC)CC(C)O2)NC1CN(C(C)C)CC1C.I. The highest BCUT2D eigenvalue weighted by molar-refractivity contribution is 14.0. The molecule has 6 nitrogen and oxygen atoms in total. The van der Waals surface area contributed by atoms with Gasteiger partial charge in [-0.1, -0.05) is 6.92 Å². The van der Waals surface area contributed by atoms with E-state index < -0.39 is 0 Å². The topological polar surface area (TPSA) is 58.1 Å². The lowest BCUT2D eigenvalue weighted by molar-refractivity contribution is 0.254. The average Bonchev–Trinajstić information content (AvgIpc) is 3.18. The minimum absolute atomic E-state index is 0. The Morgan fingerprint density at radius 1 is 1.32 bits per heavy atom. The Bertz CT molecular complexity index is 695. The smallest absolute Gasteiger partial charge is 0.191 e. The number of fused-ring (bicyclic) bond motifs is 1. The number of benzene rings is 1. The fourth-order valence-corrected chi connectivity index (χ4v) is 3.97. The van der Waals surface area contributed by atoms with Gasteiger partial charge in [0.2, 0.25) is 0 Å². The Morgan fingerprint density at radius 3 is 2.68 bits per heavy atom. The molecule has 158 valence electrons. The van der Waals surface area contributed by atoms with Crippen LogP contribution in [0, 0.1) is 5.92 Å². The molecule has 3 atom stereocenters. The number of halogens is 1.